The van der Waals surface area contributed by atoms with Crippen molar-refractivity contribution in [3.8, 4) is 0 Å². The van der Waals surface area contributed by atoms with Crippen LogP contribution in [0.4, 0.5) is 18.9 Å². The number of nitrogens with two attached hydrogens (primary N) is 1. The molecule has 0 atom stereocenters. The molecule has 0 spiro atoms. The maximum Gasteiger partial charge on any atom is 0.504 e. The Morgan fingerprint density at radius 2 is 2.09 bits per heavy atom. The highest BCUT2D eigenvalue weighted by Crippen LogP contribution is 2.24. The highest BCUT2D eigenvalue weighted by molar-refractivity contribution is 5.39. The minimum absolute atomic E-state index is 0.0438. The lowest BCUT2D eigenvalue weighted by Crippen LogP contribution is -2.19. The van der Waals surface area contributed by atoms with Gasteiger partial charge in [0.2, 0.25) is 0 Å². The van der Waals surface area contributed by atoms with Gasteiger partial charge in [-0.3, -0.25) is 0 Å². The van der Waals surface area contributed by atoms with Crippen LogP contribution in [0.25, 0.3) is 0 Å². The number of rotatable bonds is 0. The Morgan fingerprint density at radius 3 is 2.27 bits per heavy atom. The molecule has 0 bridgehead atoms. The van der Waals surface area contributed by atoms with Gasteiger partial charge in [-0.25, -0.2) is 0 Å². The normalized spacial score (nSPS) is 12.0. The first kappa shape index (κ1) is 7.90. The SMILES string of the molecule is Cc1c(N)cnn1C(F)(F)F. The average molecular weight is 165 g/mol. The van der Waals surface area contributed by atoms with E-state index >= 15 is 0 Å². The van der Waals surface area contributed by atoms with Crippen LogP contribution in [-0.2, 0) is 6.30 Å². The van der Waals surface area contributed by atoms with Gasteiger partial charge in [-0.2, -0.15) is 9.78 Å². The third kappa shape index (κ3) is 1.28. The molecule has 1 heterocycles. The zero-order chi connectivity index (χ0) is 8.65. The topological polar surface area (TPSA) is 43.8 Å². The second-order valence-electron chi connectivity index (χ2n) is 2.06. The van der Waals surface area contributed by atoms with Gasteiger partial charge < -0.3 is 5.73 Å². The van der Waals surface area contributed by atoms with E-state index in [0.29, 0.717) is 0 Å². The summed E-state index contributed by atoms with van der Waals surface area (Å²) in [6.45, 7) is 1.26. The summed E-state index contributed by atoms with van der Waals surface area (Å²) in [7, 11) is 0. The number of aromatic nitrogens is 2. The molecule has 1 rings (SSSR count). The number of hydrogen-bond donors (Lipinski definition) is 1. The van der Waals surface area contributed by atoms with E-state index in [2.05, 4.69) is 5.10 Å². The maximum atomic E-state index is 11.9. The van der Waals surface area contributed by atoms with Gasteiger partial charge in [0.15, 0.2) is 0 Å². The summed E-state index contributed by atoms with van der Waals surface area (Å²) in [5.74, 6) is 0. The van der Waals surface area contributed by atoms with Crippen molar-refractivity contribution in [3.63, 3.8) is 0 Å². The van der Waals surface area contributed by atoms with Crippen molar-refractivity contribution in [1.29, 1.82) is 0 Å². The fraction of sp³-hybridized carbons (Fsp3) is 0.400. The van der Waals surface area contributed by atoms with Crippen LogP contribution in [0.1, 0.15) is 5.69 Å². The van der Waals surface area contributed by atoms with E-state index in [9.17, 15) is 13.2 Å². The molecule has 6 heteroatoms. The van der Waals surface area contributed by atoms with Crippen LogP contribution in [0.15, 0.2) is 6.20 Å². The molecule has 0 unspecified atom stereocenters. The van der Waals surface area contributed by atoms with Crippen LogP contribution in [0.2, 0.25) is 0 Å². The highest BCUT2D eigenvalue weighted by atomic mass is 19.4. The molecule has 0 aliphatic carbocycles. The summed E-state index contributed by atoms with van der Waals surface area (Å²) < 4.78 is 35.7. The number of nitrogens with zero attached hydrogens (tertiary/aromatic N) is 2. The number of anilines is 1. The lowest BCUT2D eigenvalue weighted by molar-refractivity contribution is -0.213. The van der Waals surface area contributed by atoms with E-state index in [1.807, 2.05) is 0 Å². The number of alkyl halides is 3. The van der Waals surface area contributed by atoms with Crippen molar-refractivity contribution in [3.05, 3.63) is 11.9 Å². The van der Waals surface area contributed by atoms with Crippen LogP contribution in [-0.4, -0.2) is 9.78 Å². The molecule has 0 aliphatic rings. The van der Waals surface area contributed by atoms with E-state index in [0.717, 1.165) is 6.20 Å². The summed E-state index contributed by atoms with van der Waals surface area (Å²) >= 11 is 0. The first-order valence-electron chi connectivity index (χ1n) is 2.80. The van der Waals surface area contributed by atoms with Gasteiger partial charge in [0, 0.05) is 0 Å². The molecular formula is C5H6F3N3. The van der Waals surface area contributed by atoms with E-state index in [1.165, 1.54) is 6.92 Å². The van der Waals surface area contributed by atoms with E-state index in [-0.39, 0.29) is 16.1 Å². The van der Waals surface area contributed by atoms with Crippen molar-refractivity contribution < 1.29 is 13.2 Å². The fourth-order valence-corrected chi connectivity index (χ4v) is 0.678. The van der Waals surface area contributed by atoms with E-state index < -0.39 is 6.30 Å². The predicted octanol–water partition coefficient (Wildman–Crippen LogP) is 1.25. The molecule has 0 fully saturated rings. The largest absolute Gasteiger partial charge is 0.504 e. The zero-order valence-electron chi connectivity index (χ0n) is 5.68. The first-order chi connectivity index (χ1) is 4.93. The molecule has 0 saturated heterocycles. The molecule has 11 heavy (non-hydrogen) atoms. The van der Waals surface area contributed by atoms with Gasteiger partial charge in [-0.1, -0.05) is 0 Å². The minimum Gasteiger partial charge on any atom is -0.396 e. The van der Waals surface area contributed by atoms with Crippen LogP contribution in [0.3, 0.4) is 0 Å². The van der Waals surface area contributed by atoms with E-state index in [4.69, 9.17) is 5.73 Å². The molecule has 2 N–H and O–H groups in total. The summed E-state index contributed by atoms with van der Waals surface area (Å²) in [5, 5.41) is 3.05. The van der Waals surface area contributed by atoms with Crippen molar-refractivity contribution in [2.75, 3.05) is 5.73 Å². The fourth-order valence-electron chi connectivity index (χ4n) is 0.678. The molecule has 0 aliphatic heterocycles. The predicted molar refractivity (Wildman–Crippen MR) is 32.7 cm³/mol. The van der Waals surface area contributed by atoms with Crippen LogP contribution in [0.5, 0.6) is 0 Å². The molecular weight excluding hydrogens is 159 g/mol. The first-order valence-corrected chi connectivity index (χ1v) is 2.80. The van der Waals surface area contributed by atoms with Crippen molar-refractivity contribution in [1.82, 2.24) is 9.78 Å². The monoisotopic (exact) mass is 165 g/mol. The maximum absolute atomic E-state index is 11.9. The average Bonchev–Trinajstić information content (AvgIpc) is 2.11. The third-order valence-corrected chi connectivity index (χ3v) is 1.29. The van der Waals surface area contributed by atoms with Gasteiger partial charge in [-0.05, 0) is 6.92 Å². The molecule has 1 aromatic heterocycles. The zero-order valence-corrected chi connectivity index (χ0v) is 5.68. The second kappa shape index (κ2) is 2.14. The van der Waals surface area contributed by atoms with Crippen LogP contribution in [0, 0.1) is 6.92 Å². The van der Waals surface area contributed by atoms with Crippen molar-refractivity contribution in [2.45, 2.75) is 13.2 Å². The summed E-state index contributed by atoms with van der Waals surface area (Å²) in [6, 6.07) is 0. The molecule has 0 amide bonds. The summed E-state index contributed by atoms with van der Waals surface area (Å²) in [4.78, 5) is 0. The Labute approximate surface area is 60.6 Å². The number of nitrogen functional groups attached to an aromatic ring is 1. The Balaban J connectivity index is 3.15. The minimum atomic E-state index is -4.47. The van der Waals surface area contributed by atoms with Gasteiger partial charge in [0.1, 0.15) is 0 Å². The van der Waals surface area contributed by atoms with Crippen molar-refractivity contribution >= 4 is 5.69 Å². The second-order valence-corrected chi connectivity index (χ2v) is 2.06. The lowest BCUT2D eigenvalue weighted by atomic mass is 10.4. The Kier molecular flexibility index (Phi) is 1.54. The molecule has 0 saturated carbocycles. The summed E-state index contributed by atoms with van der Waals surface area (Å²) in [6.07, 6.45) is -3.50. The summed E-state index contributed by atoms with van der Waals surface area (Å²) in [5.41, 5.74) is 5.11. The Bertz CT molecular complexity index is 262. The smallest absolute Gasteiger partial charge is 0.396 e. The van der Waals surface area contributed by atoms with Crippen LogP contribution < -0.4 is 5.73 Å². The van der Waals surface area contributed by atoms with Gasteiger partial charge in [0.05, 0.1) is 17.6 Å². The third-order valence-electron chi connectivity index (χ3n) is 1.29. The quantitative estimate of drug-likeness (QED) is 0.628. The van der Waals surface area contributed by atoms with Gasteiger partial charge >= 0.3 is 6.30 Å². The molecule has 62 valence electrons. The highest BCUT2D eigenvalue weighted by Gasteiger charge is 2.33. The molecule has 0 aromatic carbocycles. The number of hydrogen-bond acceptors (Lipinski definition) is 2. The molecule has 3 nitrogen and oxygen atoms in total. The molecule has 0 radical (unpaired) electrons. The Hall–Kier alpha value is -1.20. The molecule has 1 aromatic rings. The standard InChI is InChI=1S/C5H6F3N3/c1-3-4(9)2-10-11(3)5(6,7)8/h2H,9H2,1H3. The van der Waals surface area contributed by atoms with Gasteiger partial charge in [0.25, 0.3) is 0 Å². The lowest BCUT2D eigenvalue weighted by Gasteiger charge is -2.07. The van der Waals surface area contributed by atoms with Crippen LogP contribution >= 0.6 is 0 Å². The van der Waals surface area contributed by atoms with Gasteiger partial charge in [-0.15, -0.1) is 13.2 Å². The van der Waals surface area contributed by atoms with Crippen molar-refractivity contribution in [2.24, 2.45) is 0 Å². The Morgan fingerprint density at radius 1 is 1.55 bits per heavy atom. The number of halogens is 3. The van der Waals surface area contributed by atoms with E-state index in [1.54, 1.807) is 0 Å².